The second kappa shape index (κ2) is 7.75. The normalized spacial score (nSPS) is 15.9. The van der Waals surface area contributed by atoms with Crippen LogP contribution in [-0.4, -0.2) is 24.5 Å². The number of benzene rings is 2. The number of imide groups is 2. The number of aryl methyl sites for hydroxylation is 1. The molecule has 138 valence electrons. The quantitative estimate of drug-likeness (QED) is 0.592. The van der Waals surface area contributed by atoms with E-state index in [0.29, 0.717) is 23.6 Å². The molecule has 1 fully saturated rings. The molecule has 0 atom stereocenters. The second-order valence-electron chi connectivity index (χ2n) is 5.91. The first-order valence-electron chi connectivity index (χ1n) is 8.31. The number of nitrogens with one attached hydrogen (secondary N) is 1. The molecule has 4 amide bonds. The summed E-state index contributed by atoms with van der Waals surface area (Å²) in [5.74, 6) is -0.888. The number of hydrogen-bond donors (Lipinski definition) is 1. The van der Waals surface area contributed by atoms with Crippen LogP contribution in [0.3, 0.4) is 0 Å². The molecule has 1 aliphatic heterocycles. The van der Waals surface area contributed by atoms with Crippen LogP contribution in [0.1, 0.15) is 18.1 Å². The zero-order valence-electron chi connectivity index (χ0n) is 14.8. The van der Waals surface area contributed by atoms with Crippen LogP contribution in [0.15, 0.2) is 52.5 Å². The van der Waals surface area contributed by atoms with E-state index in [1.165, 1.54) is 6.08 Å². The highest BCUT2D eigenvalue weighted by Crippen LogP contribution is 2.28. The molecule has 3 rings (SSSR count). The molecule has 1 N–H and O–H groups in total. The van der Waals surface area contributed by atoms with Gasteiger partial charge in [-0.2, -0.15) is 0 Å². The Kier molecular flexibility index (Phi) is 5.41. The van der Waals surface area contributed by atoms with Gasteiger partial charge >= 0.3 is 6.03 Å². The van der Waals surface area contributed by atoms with E-state index in [2.05, 4.69) is 21.2 Å². The summed E-state index contributed by atoms with van der Waals surface area (Å²) in [4.78, 5) is 38.5. The predicted octanol–water partition coefficient (Wildman–Crippen LogP) is 3.82. The van der Waals surface area contributed by atoms with Crippen molar-refractivity contribution in [2.45, 2.75) is 13.8 Å². The van der Waals surface area contributed by atoms with Crippen LogP contribution in [-0.2, 0) is 9.59 Å². The van der Waals surface area contributed by atoms with Crippen LogP contribution in [0, 0.1) is 6.92 Å². The van der Waals surface area contributed by atoms with Gasteiger partial charge in [0.05, 0.1) is 12.3 Å². The number of hydrogen-bond acceptors (Lipinski definition) is 4. The van der Waals surface area contributed by atoms with Gasteiger partial charge in [0.1, 0.15) is 11.3 Å². The van der Waals surface area contributed by atoms with Gasteiger partial charge in [-0.15, -0.1) is 0 Å². The summed E-state index contributed by atoms with van der Waals surface area (Å²) < 4.78 is 6.33. The average Bonchev–Trinajstić information content (AvgIpc) is 2.61. The maximum atomic E-state index is 12.9. The Balaban J connectivity index is 2.06. The van der Waals surface area contributed by atoms with E-state index in [1.807, 2.05) is 19.9 Å². The largest absolute Gasteiger partial charge is 0.493 e. The Morgan fingerprint density at radius 3 is 2.63 bits per heavy atom. The van der Waals surface area contributed by atoms with Gasteiger partial charge in [-0.05, 0) is 55.8 Å². The van der Waals surface area contributed by atoms with Gasteiger partial charge in [0, 0.05) is 10.0 Å². The minimum Gasteiger partial charge on any atom is -0.493 e. The number of halogens is 1. The van der Waals surface area contributed by atoms with Crippen LogP contribution >= 0.6 is 15.9 Å². The number of nitrogens with zero attached hydrogens (tertiary/aromatic N) is 1. The van der Waals surface area contributed by atoms with Crippen molar-refractivity contribution in [1.29, 1.82) is 0 Å². The number of urea groups is 1. The van der Waals surface area contributed by atoms with E-state index in [1.54, 1.807) is 36.4 Å². The monoisotopic (exact) mass is 428 g/mol. The smallest absolute Gasteiger partial charge is 0.335 e. The summed E-state index contributed by atoms with van der Waals surface area (Å²) in [6.45, 7) is 4.13. The Bertz CT molecular complexity index is 968. The Labute approximate surface area is 164 Å². The third kappa shape index (κ3) is 3.93. The Morgan fingerprint density at radius 1 is 1.15 bits per heavy atom. The van der Waals surface area contributed by atoms with E-state index in [4.69, 9.17) is 4.74 Å². The molecule has 0 aliphatic carbocycles. The third-order valence-corrected chi connectivity index (χ3v) is 4.43. The topological polar surface area (TPSA) is 75.7 Å². The fraction of sp³-hybridized carbons (Fsp3) is 0.150. The molecule has 7 heteroatoms. The van der Waals surface area contributed by atoms with Crippen molar-refractivity contribution in [2.75, 3.05) is 11.5 Å². The molecular weight excluding hydrogens is 412 g/mol. The molecule has 2 aromatic rings. The highest BCUT2D eigenvalue weighted by atomic mass is 79.9. The molecule has 0 unspecified atom stereocenters. The summed E-state index contributed by atoms with van der Waals surface area (Å²) in [5.41, 5.74) is 1.70. The summed E-state index contributed by atoms with van der Waals surface area (Å²) in [5, 5.41) is 2.22. The van der Waals surface area contributed by atoms with Crippen molar-refractivity contribution in [3.8, 4) is 5.75 Å². The molecule has 27 heavy (non-hydrogen) atoms. The molecule has 0 aromatic heterocycles. The van der Waals surface area contributed by atoms with Crippen LogP contribution in [0.2, 0.25) is 0 Å². The number of barbiturate groups is 1. The summed E-state index contributed by atoms with van der Waals surface area (Å²) in [6, 6.07) is 11.5. The number of anilines is 1. The van der Waals surface area contributed by atoms with Gasteiger partial charge < -0.3 is 4.74 Å². The fourth-order valence-electron chi connectivity index (χ4n) is 2.73. The fourth-order valence-corrected chi connectivity index (χ4v) is 3.11. The highest BCUT2D eigenvalue weighted by molar-refractivity contribution is 9.10. The van der Waals surface area contributed by atoms with E-state index >= 15 is 0 Å². The van der Waals surface area contributed by atoms with Crippen molar-refractivity contribution in [3.05, 3.63) is 63.6 Å². The summed E-state index contributed by atoms with van der Waals surface area (Å²) in [7, 11) is 0. The van der Waals surface area contributed by atoms with Gasteiger partial charge in [-0.1, -0.05) is 28.1 Å². The maximum Gasteiger partial charge on any atom is 0.335 e. The summed E-state index contributed by atoms with van der Waals surface area (Å²) in [6.07, 6.45) is 1.43. The van der Waals surface area contributed by atoms with Gasteiger partial charge in [0.25, 0.3) is 11.8 Å². The zero-order chi connectivity index (χ0) is 19.6. The van der Waals surface area contributed by atoms with E-state index in [0.717, 1.165) is 14.9 Å². The highest BCUT2D eigenvalue weighted by Gasteiger charge is 2.37. The molecular formula is C20H17BrN2O4. The van der Waals surface area contributed by atoms with E-state index in [9.17, 15) is 14.4 Å². The maximum absolute atomic E-state index is 12.9. The van der Waals surface area contributed by atoms with Gasteiger partial charge in [-0.3, -0.25) is 14.9 Å². The lowest BCUT2D eigenvalue weighted by molar-refractivity contribution is -0.122. The number of carbonyl (C=O) groups excluding carboxylic acids is 3. The lowest BCUT2D eigenvalue weighted by Crippen LogP contribution is -2.54. The van der Waals surface area contributed by atoms with Gasteiger partial charge in [-0.25, -0.2) is 9.69 Å². The predicted molar refractivity (Wildman–Crippen MR) is 105 cm³/mol. The second-order valence-corrected chi connectivity index (χ2v) is 6.83. The SMILES string of the molecule is CCOc1ccc(Br)cc1/C=C1\C(=O)NC(=O)N(c2cccc(C)c2)C1=O. The number of carbonyl (C=O) groups is 3. The van der Waals surface area contributed by atoms with Crippen molar-refractivity contribution < 1.29 is 19.1 Å². The molecule has 0 radical (unpaired) electrons. The molecule has 0 saturated carbocycles. The van der Waals surface area contributed by atoms with Crippen LogP contribution in [0.25, 0.3) is 6.08 Å². The molecule has 6 nitrogen and oxygen atoms in total. The molecule has 0 spiro atoms. The first-order valence-corrected chi connectivity index (χ1v) is 9.10. The number of rotatable bonds is 4. The van der Waals surface area contributed by atoms with E-state index in [-0.39, 0.29) is 5.57 Å². The number of amides is 4. The first kappa shape index (κ1) is 18.8. The van der Waals surface area contributed by atoms with Gasteiger partial charge in [0.15, 0.2) is 0 Å². The van der Waals surface area contributed by atoms with Crippen LogP contribution in [0.5, 0.6) is 5.75 Å². The lowest BCUT2D eigenvalue weighted by atomic mass is 10.1. The third-order valence-electron chi connectivity index (χ3n) is 3.93. The summed E-state index contributed by atoms with van der Waals surface area (Å²) >= 11 is 3.37. The standard InChI is InChI=1S/C20H17BrN2O4/c1-3-27-17-8-7-14(21)10-13(17)11-16-18(24)22-20(26)23(19(16)25)15-6-4-5-12(2)9-15/h4-11H,3H2,1-2H3,(H,22,24,26)/b16-11+. The van der Waals surface area contributed by atoms with Crippen molar-refractivity contribution in [3.63, 3.8) is 0 Å². The zero-order valence-corrected chi connectivity index (χ0v) is 16.4. The van der Waals surface area contributed by atoms with Crippen LogP contribution in [0.4, 0.5) is 10.5 Å². The van der Waals surface area contributed by atoms with Crippen LogP contribution < -0.4 is 15.0 Å². The van der Waals surface area contributed by atoms with Crippen molar-refractivity contribution >= 4 is 45.5 Å². The minimum absolute atomic E-state index is 0.143. The van der Waals surface area contributed by atoms with Crippen molar-refractivity contribution in [1.82, 2.24) is 5.32 Å². The van der Waals surface area contributed by atoms with Gasteiger partial charge in [0.2, 0.25) is 0 Å². The Hall–Kier alpha value is -2.93. The minimum atomic E-state index is -0.771. The number of ether oxygens (including phenoxy) is 1. The molecule has 1 saturated heterocycles. The first-order chi connectivity index (χ1) is 12.9. The van der Waals surface area contributed by atoms with E-state index < -0.39 is 17.8 Å². The Morgan fingerprint density at radius 2 is 1.93 bits per heavy atom. The lowest BCUT2D eigenvalue weighted by Gasteiger charge is -2.26. The molecule has 2 aromatic carbocycles. The molecule has 1 heterocycles. The molecule has 1 aliphatic rings. The average molecular weight is 429 g/mol. The van der Waals surface area contributed by atoms with Crippen molar-refractivity contribution in [2.24, 2.45) is 0 Å². The molecule has 0 bridgehead atoms.